The predicted molar refractivity (Wildman–Crippen MR) is 54.2 cm³/mol. The van der Waals surface area contributed by atoms with Crippen molar-refractivity contribution >= 4 is 13.6 Å². The summed E-state index contributed by atoms with van der Waals surface area (Å²) >= 11 is 0. The third-order valence-electron chi connectivity index (χ3n) is 2.28. The second-order valence-electron chi connectivity index (χ2n) is 4.60. The highest BCUT2D eigenvalue weighted by Gasteiger charge is 2.29. The Hall–Kier alpha value is -0.313. The van der Waals surface area contributed by atoms with Gasteiger partial charge in [0.15, 0.2) is 13.6 Å². The van der Waals surface area contributed by atoms with E-state index in [9.17, 15) is 4.79 Å². The van der Waals surface area contributed by atoms with Crippen molar-refractivity contribution in [1.82, 2.24) is 4.90 Å². The zero-order chi connectivity index (χ0) is 9.19. The van der Waals surface area contributed by atoms with Gasteiger partial charge in [-0.3, -0.25) is 4.79 Å². The number of likely N-dealkylation sites (tertiary alicyclic amines) is 1. The van der Waals surface area contributed by atoms with E-state index in [1.165, 1.54) is 19.3 Å². The van der Waals surface area contributed by atoms with Gasteiger partial charge in [0.2, 0.25) is 0 Å². The molecule has 0 radical (unpaired) electrons. The molecular formula is C9H19NOSi. The van der Waals surface area contributed by atoms with Crippen molar-refractivity contribution in [3.8, 4) is 0 Å². The highest BCUT2D eigenvalue weighted by atomic mass is 28.3. The molecule has 1 aliphatic rings. The van der Waals surface area contributed by atoms with Crippen LogP contribution < -0.4 is 0 Å². The molecule has 1 fully saturated rings. The fourth-order valence-electron chi connectivity index (χ4n) is 1.57. The Kier molecular flexibility index (Phi) is 2.93. The molecular weight excluding hydrogens is 166 g/mol. The maximum absolute atomic E-state index is 11.8. The van der Waals surface area contributed by atoms with E-state index in [2.05, 4.69) is 24.5 Å². The molecule has 70 valence electrons. The molecule has 1 saturated heterocycles. The van der Waals surface area contributed by atoms with Gasteiger partial charge in [-0.15, -0.1) is 0 Å². The number of nitrogens with zero attached hydrogens (tertiary/aromatic N) is 1. The summed E-state index contributed by atoms with van der Waals surface area (Å²) in [6.07, 6.45) is 3.71. The van der Waals surface area contributed by atoms with Gasteiger partial charge in [0.1, 0.15) is 0 Å². The van der Waals surface area contributed by atoms with Gasteiger partial charge in [0.25, 0.3) is 0 Å². The van der Waals surface area contributed by atoms with Crippen LogP contribution in [0.4, 0.5) is 4.79 Å². The van der Waals surface area contributed by atoms with Crippen LogP contribution in [0.1, 0.15) is 19.3 Å². The number of carbonyl (C=O) groups is 1. The van der Waals surface area contributed by atoms with Gasteiger partial charge >= 0.3 is 0 Å². The van der Waals surface area contributed by atoms with Gasteiger partial charge in [-0.05, 0) is 19.3 Å². The second-order valence-corrected chi connectivity index (χ2v) is 9.53. The van der Waals surface area contributed by atoms with Crippen LogP contribution in [0.25, 0.3) is 0 Å². The van der Waals surface area contributed by atoms with E-state index in [1.807, 2.05) is 0 Å². The average molecular weight is 185 g/mol. The zero-order valence-electron chi connectivity index (χ0n) is 8.39. The van der Waals surface area contributed by atoms with E-state index in [4.69, 9.17) is 0 Å². The Labute approximate surface area is 76.0 Å². The molecule has 0 aromatic rings. The molecule has 1 heterocycles. The smallest absolute Gasteiger partial charge is 0.194 e. The fourth-order valence-corrected chi connectivity index (χ4v) is 2.74. The van der Waals surface area contributed by atoms with Crippen molar-refractivity contribution < 1.29 is 4.79 Å². The SMILES string of the molecule is C[Si](C)(C)C(=O)N1CCCCC1. The first-order valence-electron chi connectivity index (χ1n) is 4.81. The van der Waals surface area contributed by atoms with Gasteiger partial charge in [-0.2, -0.15) is 0 Å². The molecule has 0 aromatic heterocycles. The molecule has 0 unspecified atom stereocenters. The standard InChI is InChI=1S/C9H19NOSi/c1-12(2,3)9(11)10-7-5-4-6-8-10/h4-8H2,1-3H3. The highest BCUT2D eigenvalue weighted by Crippen LogP contribution is 2.14. The summed E-state index contributed by atoms with van der Waals surface area (Å²) in [5.41, 5.74) is 0.446. The topological polar surface area (TPSA) is 20.3 Å². The molecule has 1 amide bonds. The second kappa shape index (κ2) is 3.60. The van der Waals surface area contributed by atoms with E-state index in [0.29, 0.717) is 5.53 Å². The number of amides is 1. The molecule has 0 bridgehead atoms. The van der Waals surface area contributed by atoms with E-state index in [-0.39, 0.29) is 0 Å². The van der Waals surface area contributed by atoms with Crippen molar-refractivity contribution in [2.45, 2.75) is 38.9 Å². The Morgan fingerprint density at radius 3 is 2.00 bits per heavy atom. The van der Waals surface area contributed by atoms with Crippen molar-refractivity contribution in [2.24, 2.45) is 0 Å². The first-order chi connectivity index (χ1) is 5.52. The molecule has 2 nitrogen and oxygen atoms in total. The molecule has 0 saturated carbocycles. The molecule has 1 rings (SSSR count). The summed E-state index contributed by atoms with van der Waals surface area (Å²) in [6, 6.07) is 0. The van der Waals surface area contributed by atoms with Crippen LogP contribution in [0, 0.1) is 0 Å². The van der Waals surface area contributed by atoms with Crippen molar-refractivity contribution in [3.63, 3.8) is 0 Å². The van der Waals surface area contributed by atoms with E-state index >= 15 is 0 Å². The van der Waals surface area contributed by atoms with Gasteiger partial charge in [-0.25, -0.2) is 0 Å². The van der Waals surface area contributed by atoms with E-state index in [1.54, 1.807) is 0 Å². The van der Waals surface area contributed by atoms with Gasteiger partial charge < -0.3 is 4.90 Å². The molecule has 12 heavy (non-hydrogen) atoms. The van der Waals surface area contributed by atoms with Crippen LogP contribution in [0.2, 0.25) is 19.6 Å². The summed E-state index contributed by atoms with van der Waals surface area (Å²) < 4.78 is 0. The number of carbonyl (C=O) groups excluding carboxylic acids is 1. The maximum Gasteiger partial charge on any atom is 0.194 e. The number of hydrogen-bond acceptors (Lipinski definition) is 1. The van der Waals surface area contributed by atoms with Crippen LogP contribution >= 0.6 is 0 Å². The third-order valence-corrected chi connectivity index (χ3v) is 3.88. The van der Waals surface area contributed by atoms with Gasteiger partial charge in [0, 0.05) is 13.1 Å². The van der Waals surface area contributed by atoms with Crippen molar-refractivity contribution in [3.05, 3.63) is 0 Å². The minimum atomic E-state index is -1.56. The lowest BCUT2D eigenvalue weighted by Gasteiger charge is -2.31. The summed E-state index contributed by atoms with van der Waals surface area (Å²) in [6.45, 7) is 8.39. The number of rotatable bonds is 1. The van der Waals surface area contributed by atoms with E-state index in [0.717, 1.165) is 13.1 Å². The molecule has 0 spiro atoms. The molecule has 0 aliphatic carbocycles. The van der Waals surface area contributed by atoms with Crippen LogP contribution in [-0.2, 0) is 0 Å². The Morgan fingerprint density at radius 1 is 1.08 bits per heavy atom. The molecule has 0 aromatic carbocycles. The monoisotopic (exact) mass is 185 g/mol. The van der Waals surface area contributed by atoms with Crippen LogP contribution in [0.15, 0.2) is 0 Å². The lowest BCUT2D eigenvalue weighted by atomic mass is 10.1. The quantitative estimate of drug-likeness (QED) is 0.575. The van der Waals surface area contributed by atoms with Crippen LogP contribution in [-0.4, -0.2) is 31.6 Å². The number of hydrogen-bond donors (Lipinski definition) is 0. The van der Waals surface area contributed by atoms with Gasteiger partial charge in [0.05, 0.1) is 0 Å². The lowest BCUT2D eigenvalue weighted by molar-refractivity contribution is 0.207. The summed E-state index contributed by atoms with van der Waals surface area (Å²) in [5, 5.41) is 0. The molecule has 3 heteroatoms. The largest absolute Gasteiger partial charge is 0.347 e. The summed E-state index contributed by atoms with van der Waals surface area (Å²) in [4.78, 5) is 13.9. The highest BCUT2D eigenvalue weighted by molar-refractivity contribution is 7.03. The summed E-state index contributed by atoms with van der Waals surface area (Å²) in [7, 11) is -1.56. The van der Waals surface area contributed by atoms with E-state index < -0.39 is 8.07 Å². The first-order valence-corrected chi connectivity index (χ1v) is 8.31. The fraction of sp³-hybridized carbons (Fsp3) is 0.889. The Balaban J connectivity index is 2.51. The third kappa shape index (κ3) is 2.34. The Morgan fingerprint density at radius 2 is 1.58 bits per heavy atom. The number of piperidine rings is 1. The normalized spacial score (nSPS) is 19.4. The predicted octanol–water partition coefficient (Wildman–Crippen LogP) is 2.51. The minimum Gasteiger partial charge on any atom is -0.347 e. The van der Waals surface area contributed by atoms with Crippen LogP contribution in [0.3, 0.4) is 0 Å². The van der Waals surface area contributed by atoms with Gasteiger partial charge in [-0.1, -0.05) is 19.6 Å². The zero-order valence-corrected chi connectivity index (χ0v) is 9.39. The molecule has 0 N–H and O–H groups in total. The first kappa shape index (κ1) is 9.77. The molecule has 1 aliphatic heterocycles. The maximum atomic E-state index is 11.8. The van der Waals surface area contributed by atoms with Crippen molar-refractivity contribution in [2.75, 3.05) is 13.1 Å². The van der Waals surface area contributed by atoms with Crippen LogP contribution in [0.5, 0.6) is 0 Å². The Bertz CT molecular complexity index is 168. The summed E-state index contributed by atoms with van der Waals surface area (Å²) in [5.74, 6) is 0. The molecule has 0 atom stereocenters. The average Bonchev–Trinajstić information content (AvgIpc) is 2.03. The lowest BCUT2D eigenvalue weighted by Crippen LogP contribution is -2.47. The minimum absolute atomic E-state index is 0.446. The van der Waals surface area contributed by atoms with Crippen molar-refractivity contribution in [1.29, 1.82) is 0 Å².